The second-order valence-electron chi connectivity index (χ2n) is 5.00. The molecule has 3 rings (SSSR count). The molecule has 1 saturated carbocycles. The Morgan fingerprint density at radius 3 is 2.53 bits per heavy atom. The molecule has 1 aliphatic carbocycles. The van der Waals surface area contributed by atoms with Crippen LogP contribution in [0.3, 0.4) is 0 Å². The molecule has 1 aromatic carbocycles. The molecule has 98 valence electrons. The molecule has 19 heavy (non-hydrogen) atoms. The highest BCUT2D eigenvalue weighted by molar-refractivity contribution is 7.13. The highest BCUT2D eigenvalue weighted by Gasteiger charge is 2.44. The van der Waals surface area contributed by atoms with E-state index in [4.69, 9.17) is 0 Å². The molecule has 1 heterocycles. The molecular formula is C15H15NO2S. The zero-order valence-electron chi connectivity index (χ0n) is 10.5. The first-order chi connectivity index (χ1) is 9.22. The first kappa shape index (κ1) is 12.4. The van der Waals surface area contributed by atoms with E-state index in [-0.39, 0.29) is 0 Å². The lowest BCUT2D eigenvalue weighted by atomic mass is 9.83. The third-order valence-electron chi connectivity index (χ3n) is 3.88. The van der Waals surface area contributed by atoms with Crippen molar-refractivity contribution in [3.63, 3.8) is 0 Å². The van der Waals surface area contributed by atoms with Gasteiger partial charge in [0.15, 0.2) is 0 Å². The molecule has 4 heteroatoms. The van der Waals surface area contributed by atoms with E-state index < -0.39 is 11.4 Å². The SMILES string of the molecule is O=C(O)C1(c2csc(-c3ccccc3)n2)CCCC1. The second-order valence-corrected chi connectivity index (χ2v) is 5.86. The molecule has 3 nitrogen and oxygen atoms in total. The minimum atomic E-state index is -0.746. The molecule has 2 aromatic rings. The number of carboxylic acid groups (broad SMARTS) is 1. The van der Waals surface area contributed by atoms with Crippen molar-refractivity contribution < 1.29 is 9.90 Å². The van der Waals surface area contributed by atoms with Gasteiger partial charge in [0.2, 0.25) is 0 Å². The highest BCUT2D eigenvalue weighted by Crippen LogP contribution is 2.42. The molecule has 0 radical (unpaired) electrons. The standard InChI is InChI=1S/C15H15NO2S/c17-14(18)15(8-4-5-9-15)12-10-19-13(16-12)11-6-2-1-3-7-11/h1-3,6-7,10H,4-5,8-9H2,(H,17,18). The van der Waals surface area contributed by atoms with E-state index in [1.54, 1.807) is 0 Å². The van der Waals surface area contributed by atoms with E-state index in [1.807, 2.05) is 35.7 Å². The number of aliphatic carboxylic acids is 1. The van der Waals surface area contributed by atoms with Crippen LogP contribution in [-0.4, -0.2) is 16.1 Å². The van der Waals surface area contributed by atoms with Crippen LogP contribution in [0.1, 0.15) is 31.4 Å². The molecule has 0 bridgehead atoms. The highest BCUT2D eigenvalue weighted by atomic mass is 32.1. The summed E-state index contributed by atoms with van der Waals surface area (Å²) in [7, 11) is 0. The summed E-state index contributed by atoms with van der Waals surface area (Å²) in [6.07, 6.45) is 3.37. The Kier molecular flexibility index (Phi) is 3.11. The van der Waals surface area contributed by atoms with Gasteiger partial charge >= 0.3 is 5.97 Å². The molecule has 1 aromatic heterocycles. The number of carbonyl (C=O) groups is 1. The zero-order valence-corrected chi connectivity index (χ0v) is 11.3. The lowest BCUT2D eigenvalue weighted by molar-refractivity contribution is -0.143. The maximum Gasteiger partial charge on any atom is 0.315 e. The van der Waals surface area contributed by atoms with Crippen molar-refractivity contribution in [2.75, 3.05) is 0 Å². The number of nitrogens with zero attached hydrogens (tertiary/aromatic N) is 1. The van der Waals surface area contributed by atoms with Crippen LogP contribution in [0.15, 0.2) is 35.7 Å². The largest absolute Gasteiger partial charge is 0.481 e. The van der Waals surface area contributed by atoms with Crippen LogP contribution < -0.4 is 0 Å². The van der Waals surface area contributed by atoms with Crippen LogP contribution in [0.5, 0.6) is 0 Å². The van der Waals surface area contributed by atoms with Crippen LogP contribution in [0.2, 0.25) is 0 Å². The molecule has 1 N–H and O–H groups in total. The Morgan fingerprint density at radius 1 is 1.21 bits per heavy atom. The van der Waals surface area contributed by atoms with Gasteiger partial charge in [-0.1, -0.05) is 43.2 Å². The van der Waals surface area contributed by atoms with Crippen molar-refractivity contribution in [1.29, 1.82) is 0 Å². The summed E-state index contributed by atoms with van der Waals surface area (Å²) in [5, 5.41) is 12.4. The van der Waals surface area contributed by atoms with Crippen LogP contribution in [0.25, 0.3) is 10.6 Å². The zero-order chi connectivity index (χ0) is 13.3. The molecule has 1 fully saturated rings. The third-order valence-corrected chi connectivity index (χ3v) is 4.77. The normalized spacial score (nSPS) is 17.5. The fraction of sp³-hybridized carbons (Fsp3) is 0.333. The first-order valence-corrected chi connectivity index (χ1v) is 7.35. The van der Waals surface area contributed by atoms with Gasteiger partial charge in [-0.3, -0.25) is 4.79 Å². The molecule has 0 aliphatic heterocycles. The van der Waals surface area contributed by atoms with Gasteiger partial charge in [0.25, 0.3) is 0 Å². The Balaban J connectivity index is 1.99. The van der Waals surface area contributed by atoms with Crippen LogP contribution in [-0.2, 0) is 10.2 Å². The Morgan fingerprint density at radius 2 is 1.89 bits per heavy atom. The number of aromatic nitrogens is 1. The van der Waals surface area contributed by atoms with Crippen molar-refractivity contribution in [2.45, 2.75) is 31.1 Å². The smallest absolute Gasteiger partial charge is 0.315 e. The molecular weight excluding hydrogens is 258 g/mol. The fourth-order valence-electron chi connectivity index (χ4n) is 2.76. The summed E-state index contributed by atoms with van der Waals surface area (Å²) in [4.78, 5) is 16.2. The van der Waals surface area contributed by atoms with Crippen LogP contribution >= 0.6 is 11.3 Å². The van der Waals surface area contributed by atoms with Gasteiger partial charge in [0.05, 0.1) is 5.69 Å². The fourth-order valence-corrected chi connectivity index (χ4v) is 3.69. The maximum absolute atomic E-state index is 11.6. The minimum Gasteiger partial charge on any atom is -0.481 e. The summed E-state index contributed by atoms with van der Waals surface area (Å²) >= 11 is 1.53. The monoisotopic (exact) mass is 273 g/mol. The Labute approximate surface area is 115 Å². The van der Waals surface area contributed by atoms with Crippen molar-refractivity contribution in [2.24, 2.45) is 0 Å². The molecule has 0 unspecified atom stereocenters. The maximum atomic E-state index is 11.6. The van der Waals surface area contributed by atoms with Crippen molar-refractivity contribution in [3.8, 4) is 10.6 Å². The predicted octanol–water partition coefficient (Wildman–Crippen LogP) is 3.71. The van der Waals surface area contributed by atoms with E-state index in [2.05, 4.69) is 4.98 Å². The third kappa shape index (κ3) is 2.06. The van der Waals surface area contributed by atoms with Gasteiger partial charge in [-0.05, 0) is 12.8 Å². The minimum absolute atomic E-state index is 0.709. The summed E-state index contributed by atoms with van der Waals surface area (Å²) in [5.41, 5.74) is 1.04. The van der Waals surface area contributed by atoms with E-state index in [0.717, 1.165) is 29.1 Å². The number of thiazole rings is 1. The van der Waals surface area contributed by atoms with E-state index >= 15 is 0 Å². The lowest BCUT2D eigenvalue weighted by Crippen LogP contribution is -2.32. The Hall–Kier alpha value is -1.68. The average molecular weight is 273 g/mol. The topological polar surface area (TPSA) is 50.2 Å². The van der Waals surface area contributed by atoms with Crippen LogP contribution in [0, 0.1) is 0 Å². The molecule has 0 saturated heterocycles. The average Bonchev–Trinajstić information content (AvgIpc) is 3.09. The number of carboxylic acids is 1. The number of rotatable bonds is 3. The summed E-state index contributed by atoms with van der Waals surface area (Å²) in [6.45, 7) is 0. The summed E-state index contributed by atoms with van der Waals surface area (Å²) in [5.74, 6) is -0.727. The number of benzene rings is 1. The molecule has 1 aliphatic rings. The summed E-state index contributed by atoms with van der Waals surface area (Å²) < 4.78 is 0. The van der Waals surface area contributed by atoms with Gasteiger partial charge in [-0.2, -0.15) is 0 Å². The quantitative estimate of drug-likeness (QED) is 0.927. The van der Waals surface area contributed by atoms with Gasteiger partial charge in [0.1, 0.15) is 10.4 Å². The lowest BCUT2D eigenvalue weighted by Gasteiger charge is -2.21. The van der Waals surface area contributed by atoms with E-state index in [1.165, 1.54) is 11.3 Å². The van der Waals surface area contributed by atoms with E-state index in [9.17, 15) is 9.90 Å². The first-order valence-electron chi connectivity index (χ1n) is 6.47. The second kappa shape index (κ2) is 4.78. The number of hydrogen-bond acceptors (Lipinski definition) is 3. The summed E-state index contributed by atoms with van der Waals surface area (Å²) in [6, 6.07) is 9.92. The molecule has 0 atom stereocenters. The van der Waals surface area contributed by atoms with Crippen molar-refractivity contribution >= 4 is 17.3 Å². The molecule has 0 spiro atoms. The van der Waals surface area contributed by atoms with Crippen molar-refractivity contribution in [1.82, 2.24) is 4.98 Å². The predicted molar refractivity (Wildman–Crippen MR) is 75.3 cm³/mol. The van der Waals surface area contributed by atoms with E-state index in [0.29, 0.717) is 12.8 Å². The van der Waals surface area contributed by atoms with Gasteiger partial charge in [0, 0.05) is 10.9 Å². The van der Waals surface area contributed by atoms with Gasteiger partial charge < -0.3 is 5.11 Å². The Bertz CT molecular complexity index is 585. The van der Waals surface area contributed by atoms with Gasteiger partial charge in [-0.15, -0.1) is 11.3 Å². The number of hydrogen-bond donors (Lipinski definition) is 1. The molecule has 0 amide bonds. The van der Waals surface area contributed by atoms with Crippen LogP contribution in [0.4, 0.5) is 0 Å². The van der Waals surface area contributed by atoms with Crippen molar-refractivity contribution in [3.05, 3.63) is 41.4 Å². The van der Waals surface area contributed by atoms with Gasteiger partial charge in [-0.25, -0.2) is 4.98 Å².